The molecule has 1 aromatic carbocycles. The summed E-state index contributed by atoms with van der Waals surface area (Å²) in [7, 11) is 0. The lowest BCUT2D eigenvalue weighted by atomic mass is 10.1. The quantitative estimate of drug-likeness (QED) is 0.535. The van der Waals surface area contributed by atoms with Gasteiger partial charge in [-0.3, -0.25) is 4.79 Å². The third-order valence-electron chi connectivity index (χ3n) is 2.37. The van der Waals surface area contributed by atoms with Crippen molar-refractivity contribution in [2.45, 2.75) is 13.5 Å². The van der Waals surface area contributed by atoms with Gasteiger partial charge in [0.05, 0.1) is 12.1 Å². The molecule has 0 spiro atoms. The van der Waals surface area contributed by atoms with Gasteiger partial charge in [-0.25, -0.2) is 0 Å². The van der Waals surface area contributed by atoms with Crippen LogP contribution in [0.3, 0.4) is 0 Å². The van der Waals surface area contributed by atoms with Crippen molar-refractivity contribution in [1.82, 2.24) is 4.57 Å². The van der Waals surface area contributed by atoms with Crippen molar-refractivity contribution >= 4 is 17.2 Å². The third kappa shape index (κ3) is 1.64. The fourth-order valence-electron chi connectivity index (χ4n) is 1.68. The van der Waals surface area contributed by atoms with Crippen molar-refractivity contribution in [3.63, 3.8) is 0 Å². The monoisotopic (exact) mass is 197 g/mol. The van der Waals surface area contributed by atoms with Crippen LogP contribution in [0.25, 0.3) is 10.9 Å². The second-order valence-electron chi connectivity index (χ2n) is 3.27. The second-order valence-corrected chi connectivity index (χ2v) is 3.27. The first kappa shape index (κ1) is 9.54. The summed E-state index contributed by atoms with van der Waals surface area (Å²) in [6.45, 7) is 2.44. The topological polar surface area (TPSA) is 22.0 Å². The average molecular weight is 197 g/mol. The van der Waals surface area contributed by atoms with Crippen molar-refractivity contribution in [1.29, 1.82) is 0 Å². The Morgan fingerprint density at radius 2 is 2.27 bits per heavy atom. The number of carbonyl (C=O) groups is 1. The van der Waals surface area contributed by atoms with Crippen LogP contribution in [0, 0.1) is 11.8 Å². The Labute approximate surface area is 88.5 Å². The van der Waals surface area contributed by atoms with E-state index in [1.165, 1.54) is 0 Å². The molecule has 0 bridgehead atoms. The number of hydrogen-bond acceptors (Lipinski definition) is 1. The molecular formula is C13H11NO. The zero-order valence-corrected chi connectivity index (χ0v) is 8.53. The van der Waals surface area contributed by atoms with Crippen LogP contribution in [-0.2, 0) is 6.54 Å². The largest absolute Gasteiger partial charge is 0.335 e. The van der Waals surface area contributed by atoms with E-state index in [0.29, 0.717) is 6.54 Å². The van der Waals surface area contributed by atoms with Crippen molar-refractivity contribution in [2.75, 3.05) is 0 Å². The molecule has 0 N–H and O–H groups in total. The number of benzene rings is 1. The fourth-order valence-corrected chi connectivity index (χ4v) is 1.68. The van der Waals surface area contributed by atoms with Crippen LogP contribution >= 0.6 is 0 Å². The van der Waals surface area contributed by atoms with E-state index in [4.69, 9.17) is 0 Å². The Bertz CT molecular complexity index is 555. The van der Waals surface area contributed by atoms with Crippen molar-refractivity contribution in [2.24, 2.45) is 0 Å². The van der Waals surface area contributed by atoms with Gasteiger partial charge in [0, 0.05) is 17.1 Å². The van der Waals surface area contributed by atoms with E-state index >= 15 is 0 Å². The van der Waals surface area contributed by atoms with E-state index in [1.807, 2.05) is 42.0 Å². The molecule has 2 nitrogen and oxygen atoms in total. The van der Waals surface area contributed by atoms with Crippen LogP contribution in [0.2, 0.25) is 0 Å². The maximum atomic E-state index is 10.9. The minimum absolute atomic E-state index is 0.630. The maximum absolute atomic E-state index is 10.9. The van der Waals surface area contributed by atoms with Crippen LogP contribution in [0.5, 0.6) is 0 Å². The van der Waals surface area contributed by atoms with Crippen LogP contribution in [0.15, 0.2) is 30.5 Å². The highest BCUT2D eigenvalue weighted by Gasteiger charge is 2.04. The molecule has 2 aromatic rings. The number of para-hydroxylation sites is 1. The molecule has 0 aliphatic carbocycles. The first-order valence-electron chi connectivity index (χ1n) is 4.79. The lowest BCUT2D eigenvalue weighted by molar-refractivity contribution is 0.112. The second kappa shape index (κ2) is 4.02. The predicted octanol–water partition coefficient (Wildman–Crippen LogP) is 2.48. The van der Waals surface area contributed by atoms with E-state index in [1.54, 1.807) is 0 Å². The molecular weight excluding hydrogens is 186 g/mol. The molecule has 0 atom stereocenters. The molecule has 0 amide bonds. The zero-order chi connectivity index (χ0) is 10.7. The molecule has 0 fully saturated rings. The van der Waals surface area contributed by atoms with Crippen molar-refractivity contribution < 1.29 is 4.79 Å². The van der Waals surface area contributed by atoms with Gasteiger partial charge in [0.25, 0.3) is 0 Å². The number of aldehydes is 1. The molecule has 0 aliphatic heterocycles. The van der Waals surface area contributed by atoms with Gasteiger partial charge in [0.15, 0.2) is 6.29 Å². The lowest BCUT2D eigenvalue weighted by Crippen LogP contribution is -1.95. The first-order chi connectivity index (χ1) is 7.36. The maximum Gasteiger partial charge on any atom is 0.152 e. The minimum atomic E-state index is 0.630. The highest BCUT2D eigenvalue weighted by molar-refractivity contribution is 5.96. The average Bonchev–Trinajstić information content (AvgIpc) is 2.69. The smallest absolute Gasteiger partial charge is 0.152 e. The molecule has 74 valence electrons. The van der Waals surface area contributed by atoms with Crippen LogP contribution < -0.4 is 0 Å². The summed E-state index contributed by atoms with van der Waals surface area (Å²) in [4.78, 5) is 10.9. The lowest BCUT2D eigenvalue weighted by Gasteiger charge is -2.01. The van der Waals surface area contributed by atoms with Gasteiger partial charge in [0.2, 0.25) is 0 Å². The van der Waals surface area contributed by atoms with Crippen molar-refractivity contribution in [3.8, 4) is 11.8 Å². The molecule has 0 saturated carbocycles. The number of hydrogen-bond donors (Lipinski definition) is 0. The zero-order valence-electron chi connectivity index (χ0n) is 8.53. The molecule has 2 heteroatoms. The number of rotatable bonds is 2. The molecule has 15 heavy (non-hydrogen) atoms. The molecule has 0 radical (unpaired) electrons. The standard InChI is InChI=1S/C13H11NO/c1-2-3-8-14-9-7-11-5-4-6-12(10-15)13(11)14/h4-7,9-10H,8H2,1H3. The Morgan fingerprint density at radius 1 is 1.40 bits per heavy atom. The Hall–Kier alpha value is -2.01. The SMILES string of the molecule is CC#CCn1ccc2cccc(C=O)c21. The molecule has 1 heterocycles. The molecule has 0 saturated heterocycles. The van der Waals surface area contributed by atoms with E-state index in [-0.39, 0.29) is 0 Å². The summed E-state index contributed by atoms with van der Waals surface area (Å²) in [5.74, 6) is 5.84. The fraction of sp³-hybridized carbons (Fsp3) is 0.154. The number of nitrogens with zero attached hydrogens (tertiary/aromatic N) is 1. The summed E-state index contributed by atoms with van der Waals surface area (Å²) in [5, 5.41) is 1.08. The number of carbonyl (C=O) groups excluding carboxylic acids is 1. The summed E-state index contributed by atoms with van der Waals surface area (Å²) in [6, 6.07) is 7.71. The summed E-state index contributed by atoms with van der Waals surface area (Å²) in [6.07, 6.45) is 2.85. The van der Waals surface area contributed by atoms with E-state index in [0.717, 1.165) is 22.8 Å². The number of aromatic nitrogens is 1. The van der Waals surface area contributed by atoms with Gasteiger partial charge in [0.1, 0.15) is 0 Å². The summed E-state index contributed by atoms with van der Waals surface area (Å²) in [5.41, 5.74) is 1.69. The molecule has 0 unspecified atom stereocenters. The van der Waals surface area contributed by atoms with E-state index in [2.05, 4.69) is 11.8 Å². The van der Waals surface area contributed by atoms with Gasteiger partial charge in [-0.2, -0.15) is 0 Å². The van der Waals surface area contributed by atoms with Crippen molar-refractivity contribution in [3.05, 3.63) is 36.0 Å². The van der Waals surface area contributed by atoms with Crippen LogP contribution in [0.4, 0.5) is 0 Å². The Balaban J connectivity index is 2.63. The van der Waals surface area contributed by atoms with Gasteiger partial charge in [-0.15, -0.1) is 5.92 Å². The molecule has 0 aliphatic rings. The minimum Gasteiger partial charge on any atom is -0.335 e. The summed E-state index contributed by atoms with van der Waals surface area (Å²) < 4.78 is 2.00. The number of fused-ring (bicyclic) bond motifs is 1. The van der Waals surface area contributed by atoms with Gasteiger partial charge >= 0.3 is 0 Å². The molecule has 1 aromatic heterocycles. The summed E-state index contributed by atoms with van der Waals surface area (Å²) >= 11 is 0. The van der Waals surface area contributed by atoms with Gasteiger partial charge in [-0.05, 0) is 19.1 Å². The Kier molecular flexibility index (Phi) is 2.55. The van der Waals surface area contributed by atoms with E-state index in [9.17, 15) is 4.79 Å². The third-order valence-corrected chi connectivity index (χ3v) is 2.37. The van der Waals surface area contributed by atoms with Gasteiger partial charge in [-0.1, -0.05) is 18.1 Å². The normalized spacial score (nSPS) is 9.67. The predicted molar refractivity (Wildman–Crippen MR) is 60.8 cm³/mol. The van der Waals surface area contributed by atoms with Crippen LogP contribution in [0.1, 0.15) is 17.3 Å². The highest BCUT2D eigenvalue weighted by Crippen LogP contribution is 2.18. The first-order valence-corrected chi connectivity index (χ1v) is 4.79. The molecule has 2 rings (SSSR count). The highest BCUT2D eigenvalue weighted by atomic mass is 16.1. The van der Waals surface area contributed by atoms with Gasteiger partial charge < -0.3 is 4.57 Å². The van der Waals surface area contributed by atoms with Crippen LogP contribution in [-0.4, -0.2) is 10.9 Å². The van der Waals surface area contributed by atoms with E-state index < -0.39 is 0 Å². The Morgan fingerprint density at radius 3 is 3.00 bits per heavy atom.